The highest BCUT2D eigenvalue weighted by molar-refractivity contribution is 5.46. The minimum absolute atomic E-state index is 0.154. The van der Waals surface area contributed by atoms with Gasteiger partial charge in [0.05, 0.1) is 5.69 Å². The molecule has 1 rings (SSSR count). The lowest BCUT2D eigenvalue weighted by molar-refractivity contribution is 0.623. The van der Waals surface area contributed by atoms with Crippen LogP contribution < -0.4 is 5.32 Å². The van der Waals surface area contributed by atoms with Gasteiger partial charge < -0.3 is 5.32 Å². The molecule has 0 amide bonds. The van der Waals surface area contributed by atoms with Gasteiger partial charge in [0.2, 0.25) is 0 Å². The summed E-state index contributed by atoms with van der Waals surface area (Å²) in [4.78, 5) is 0. The first-order chi connectivity index (χ1) is 7.74. The van der Waals surface area contributed by atoms with E-state index in [0.29, 0.717) is 5.69 Å². The number of benzene rings is 1. The van der Waals surface area contributed by atoms with Crippen molar-refractivity contribution < 1.29 is 4.39 Å². The summed E-state index contributed by atoms with van der Waals surface area (Å²) in [6, 6.07) is 5.18. The zero-order valence-electron chi connectivity index (χ0n) is 10.4. The quantitative estimate of drug-likeness (QED) is 0.670. The summed E-state index contributed by atoms with van der Waals surface area (Å²) in [6.45, 7) is 5.05. The molecular formula is C14H22FN. The van der Waals surface area contributed by atoms with Crippen LogP contribution in [0.3, 0.4) is 0 Å². The summed E-state index contributed by atoms with van der Waals surface area (Å²) in [7, 11) is 0. The molecule has 0 aliphatic rings. The largest absolute Gasteiger partial charge is 0.383 e. The molecule has 1 aromatic rings. The van der Waals surface area contributed by atoms with E-state index in [1.807, 2.05) is 13.0 Å². The van der Waals surface area contributed by atoms with Crippen molar-refractivity contribution in [1.82, 2.24) is 0 Å². The molecule has 0 saturated carbocycles. The van der Waals surface area contributed by atoms with Crippen LogP contribution >= 0.6 is 0 Å². The second kappa shape index (κ2) is 7.26. The molecule has 0 aliphatic carbocycles. The fourth-order valence-corrected chi connectivity index (χ4v) is 1.73. The van der Waals surface area contributed by atoms with Gasteiger partial charge in [-0.2, -0.15) is 0 Å². The molecule has 1 aromatic carbocycles. The number of aryl methyl sites for hydroxylation is 1. The summed E-state index contributed by atoms with van der Waals surface area (Å²) in [5.41, 5.74) is 1.73. The minimum Gasteiger partial charge on any atom is -0.383 e. The van der Waals surface area contributed by atoms with Crippen LogP contribution in [0.2, 0.25) is 0 Å². The van der Waals surface area contributed by atoms with E-state index >= 15 is 0 Å². The topological polar surface area (TPSA) is 12.0 Å². The normalized spacial score (nSPS) is 10.4. The van der Waals surface area contributed by atoms with Gasteiger partial charge in [0.15, 0.2) is 0 Å². The molecule has 2 heteroatoms. The Hall–Kier alpha value is -1.05. The third kappa shape index (κ3) is 4.65. The van der Waals surface area contributed by atoms with E-state index in [1.54, 1.807) is 6.07 Å². The molecule has 0 aromatic heterocycles. The van der Waals surface area contributed by atoms with Gasteiger partial charge in [-0.05, 0) is 31.0 Å². The number of halogens is 1. The molecule has 0 bridgehead atoms. The van der Waals surface area contributed by atoms with Crippen molar-refractivity contribution in [3.63, 3.8) is 0 Å². The van der Waals surface area contributed by atoms with Crippen molar-refractivity contribution >= 4 is 5.69 Å². The molecule has 1 N–H and O–H groups in total. The highest BCUT2D eigenvalue weighted by Gasteiger charge is 2.00. The van der Waals surface area contributed by atoms with E-state index in [-0.39, 0.29) is 5.82 Å². The standard InChI is InChI=1S/C14H22FN/c1-3-4-5-6-7-10-16-14-11-12(2)8-9-13(14)15/h8-9,11,16H,3-7,10H2,1-2H3. The molecule has 0 atom stereocenters. The highest BCUT2D eigenvalue weighted by atomic mass is 19.1. The van der Waals surface area contributed by atoms with Gasteiger partial charge in [0.25, 0.3) is 0 Å². The molecule has 0 aliphatic heterocycles. The van der Waals surface area contributed by atoms with Gasteiger partial charge in [0.1, 0.15) is 5.82 Å². The summed E-state index contributed by atoms with van der Waals surface area (Å²) in [5.74, 6) is -0.154. The van der Waals surface area contributed by atoms with E-state index < -0.39 is 0 Å². The van der Waals surface area contributed by atoms with Crippen LogP contribution in [0.5, 0.6) is 0 Å². The van der Waals surface area contributed by atoms with Crippen molar-refractivity contribution in [1.29, 1.82) is 0 Å². The number of anilines is 1. The van der Waals surface area contributed by atoms with Crippen molar-refractivity contribution in [3.8, 4) is 0 Å². The summed E-state index contributed by atoms with van der Waals surface area (Å²) < 4.78 is 13.3. The van der Waals surface area contributed by atoms with Crippen LogP contribution in [-0.4, -0.2) is 6.54 Å². The average Bonchev–Trinajstić information content (AvgIpc) is 2.28. The molecule has 0 heterocycles. The number of hydrogen-bond acceptors (Lipinski definition) is 1. The Kier molecular flexibility index (Phi) is 5.91. The van der Waals surface area contributed by atoms with E-state index in [0.717, 1.165) is 18.5 Å². The van der Waals surface area contributed by atoms with Crippen LogP contribution in [0.1, 0.15) is 44.6 Å². The van der Waals surface area contributed by atoms with Crippen molar-refractivity contribution in [2.75, 3.05) is 11.9 Å². The van der Waals surface area contributed by atoms with Gasteiger partial charge in [-0.25, -0.2) is 4.39 Å². The van der Waals surface area contributed by atoms with Crippen LogP contribution in [-0.2, 0) is 0 Å². The summed E-state index contributed by atoms with van der Waals surface area (Å²) >= 11 is 0. The van der Waals surface area contributed by atoms with Crippen molar-refractivity contribution in [3.05, 3.63) is 29.6 Å². The molecule has 90 valence electrons. The van der Waals surface area contributed by atoms with Crippen LogP contribution in [0.25, 0.3) is 0 Å². The molecule has 0 spiro atoms. The smallest absolute Gasteiger partial charge is 0.146 e. The maximum absolute atomic E-state index is 13.3. The number of unbranched alkanes of at least 4 members (excludes halogenated alkanes) is 4. The summed E-state index contributed by atoms with van der Waals surface area (Å²) in [5, 5.41) is 3.16. The lowest BCUT2D eigenvalue weighted by atomic mass is 10.1. The molecular weight excluding hydrogens is 201 g/mol. The third-order valence-electron chi connectivity index (χ3n) is 2.72. The monoisotopic (exact) mass is 223 g/mol. The molecule has 0 saturated heterocycles. The maximum Gasteiger partial charge on any atom is 0.146 e. The lowest BCUT2D eigenvalue weighted by Gasteiger charge is -2.08. The Morgan fingerprint density at radius 3 is 2.62 bits per heavy atom. The third-order valence-corrected chi connectivity index (χ3v) is 2.72. The molecule has 0 radical (unpaired) electrons. The van der Waals surface area contributed by atoms with Gasteiger partial charge >= 0.3 is 0 Å². The van der Waals surface area contributed by atoms with E-state index in [9.17, 15) is 4.39 Å². The molecule has 0 fully saturated rings. The second-order valence-corrected chi connectivity index (χ2v) is 4.32. The van der Waals surface area contributed by atoms with Crippen molar-refractivity contribution in [2.45, 2.75) is 46.0 Å². The zero-order valence-corrected chi connectivity index (χ0v) is 10.4. The first kappa shape index (κ1) is 13.0. The van der Waals surface area contributed by atoms with Gasteiger partial charge in [-0.1, -0.05) is 38.7 Å². The predicted octanol–water partition coefficient (Wildman–Crippen LogP) is 4.52. The Morgan fingerprint density at radius 2 is 1.88 bits per heavy atom. The molecule has 0 unspecified atom stereocenters. The maximum atomic E-state index is 13.3. The van der Waals surface area contributed by atoms with E-state index in [4.69, 9.17) is 0 Å². The summed E-state index contributed by atoms with van der Waals surface area (Å²) in [6.07, 6.45) is 6.20. The van der Waals surface area contributed by atoms with Crippen molar-refractivity contribution in [2.24, 2.45) is 0 Å². The van der Waals surface area contributed by atoms with Gasteiger partial charge in [-0.15, -0.1) is 0 Å². The van der Waals surface area contributed by atoms with Crippen LogP contribution in [0.4, 0.5) is 10.1 Å². The zero-order chi connectivity index (χ0) is 11.8. The molecule has 16 heavy (non-hydrogen) atoms. The fourth-order valence-electron chi connectivity index (χ4n) is 1.73. The van der Waals surface area contributed by atoms with E-state index in [2.05, 4.69) is 12.2 Å². The Balaban J connectivity index is 2.23. The first-order valence-electron chi connectivity index (χ1n) is 6.24. The fraction of sp³-hybridized carbons (Fsp3) is 0.571. The highest BCUT2D eigenvalue weighted by Crippen LogP contribution is 2.15. The second-order valence-electron chi connectivity index (χ2n) is 4.32. The van der Waals surface area contributed by atoms with Crippen LogP contribution in [0, 0.1) is 12.7 Å². The number of hydrogen-bond donors (Lipinski definition) is 1. The first-order valence-corrected chi connectivity index (χ1v) is 6.24. The van der Waals surface area contributed by atoms with Crippen LogP contribution in [0.15, 0.2) is 18.2 Å². The molecule has 1 nitrogen and oxygen atoms in total. The lowest BCUT2D eigenvalue weighted by Crippen LogP contribution is -2.03. The minimum atomic E-state index is -0.154. The Bertz CT molecular complexity index is 310. The average molecular weight is 223 g/mol. The van der Waals surface area contributed by atoms with Gasteiger partial charge in [-0.3, -0.25) is 0 Å². The number of rotatable bonds is 7. The predicted molar refractivity (Wildman–Crippen MR) is 68.4 cm³/mol. The van der Waals surface area contributed by atoms with Gasteiger partial charge in [0, 0.05) is 6.54 Å². The Labute approximate surface area is 98.1 Å². The van der Waals surface area contributed by atoms with E-state index in [1.165, 1.54) is 31.7 Å². The Morgan fingerprint density at radius 1 is 1.12 bits per heavy atom. The number of nitrogens with one attached hydrogen (secondary N) is 1. The SMILES string of the molecule is CCCCCCCNc1cc(C)ccc1F.